The predicted molar refractivity (Wildman–Crippen MR) is 75.7 cm³/mol. The summed E-state index contributed by atoms with van der Waals surface area (Å²) < 4.78 is 20.9. The van der Waals surface area contributed by atoms with Crippen molar-refractivity contribution in [2.75, 3.05) is 46.8 Å². The van der Waals surface area contributed by atoms with E-state index in [4.69, 9.17) is 18.9 Å². The van der Waals surface area contributed by atoms with Crippen LogP contribution in [-0.2, 0) is 18.9 Å². The Kier molecular flexibility index (Phi) is 9.14. The van der Waals surface area contributed by atoms with E-state index in [1.54, 1.807) is 25.3 Å². The Balaban J connectivity index is 2.02. The molecule has 7 heteroatoms. The van der Waals surface area contributed by atoms with E-state index in [-0.39, 0.29) is 12.3 Å². The second kappa shape index (κ2) is 10.7. The monoisotopic (exact) mass is 347 g/mol. The van der Waals surface area contributed by atoms with Crippen molar-refractivity contribution in [2.24, 2.45) is 0 Å². The maximum absolute atomic E-state index is 11.6. The Morgan fingerprint density at radius 1 is 1.10 bits per heavy atom. The third-order valence-electron chi connectivity index (χ3n) is 2.19. The second-order valence-corrected chi connectivity index (χ2v) is 4.51. The van der Waals surface area contributed by atoms with Crippen LogP contribution >= 0.6 is 15.9 Å². The quantitative estimate of drug-likeness (QED) is 0.364. The lowest BCUT2D eigenvalue weighted by atomic mass is 10.3. The number of halogens is 1. The van der Waals surface area contributed by atoms with Crippen LogP contribution in [0.3, 0.4) is 0 Å². The van der Waals surface area contributed by atoms with Gasteiger partial charge in [0, 0.05) is 7.11 Å². The Bertz CT molecular complexity index is 402. The Morgan fingerprint density at radius 2 is 1.75 bits per heavy atom. The fraction of sp³-hybridized carbons (Fsp3) is 0.538. The summed E-state index contributed by atoms with van der Waals surface area (Å²) in [6.45, 7) is 2.57. The van der Waals surface area contributed by atoms with Crippen molar-refractivity contribution in [1.82, 2.24) is 4.98 Å². The van der Waals surface area contributed by atoms with E-state index >= 15 is 0 Å². The molecule has 0 aromatic carbocycles. The van der Waals surface area contributed by atoms with Crippen molar-refractivity contribution < 1.29 is 23.7 Å². The van der Waals surface area contributed by atoms with Gasteiger partial charge in [-0.3, -0.25) is 0 Å². The largest absolute Gasteiger partial charge is 0.459 e. The first kappa shape index (κ1) is 17.0. The number of methoxy groups -OCH3 is 1. The van der Waals surface area contributed by atoms with Gasteiger partial charge < -0.3 is 18.9 Å². The van der Waals surface area contributed by atoms with E-state index in [2.05, 4.69) is 20.9 Å². The minimum absolute atomic E-state index is 0.186. The molecule has 0 bridgehead atoms. The van der Waals surface area contributed by atoms with Gasteiger partial charge in [0.1, 0.15) is 16.9 Å². The molecule has 1 aromatic rings. The molecule has 0 saturated carbocycles. The van der Waals surface area contributed by atoms with E-state index in [1.165, 1.54) is 0 Å². The molecule has 0 atom stereocenters. The average molecular weight is 348 g/mol. The standard InChI is InChI=1S/C13H18BrNO5/c1-17-5-6-18-7-8-19-9-10-20-13(16)11-3-2-4-12(14)15-11/h2-4H,5-10H2,1H3. The zero-order valence-electron chi connectivity index (χ0n) is 11.3. The van der Waals surface area contributed by atoms with Crippen molar-refractivity contribution in [1.29, 1.82) is 0 Å². The first-order valence-electron chi connectivity index (χ1n) is 6.18. The molecule has 1 aromatic heterocycles. The van der Waals surface area contributed by atoms with Crippen LogP contribution in [0.1, 0.15) is 10.5 Å². The Labute approximate surface area is 126 Å². The van der Waals surface area contributed by atoms with Crippen molar-refractivity contribution >= 4 is 21.9 Å². The van der Waals surface area contributed by atoms with Crippen LogP contribution in [0.2, 0.25) is 0 Å². The van der Waals surface area contributed by atoms with Gasteiger partial charge in [-0.15, -0.1) is 0 Å². The number of rotatable bonds is 10. The van der Waals surface area contributed by atoms with E-state index < -0.39 is 5.97 Å². The van der Waals surface area contributed by atoms with Gasteiger partial charge in [0.15, 0.2) is 0 Å². The van der Waals surface area contributed by atoms with Crippen LogP contribution in [0.5, 0.6) is 0 Å². The van der Waals surface area contributed by atoms with Gasteiger partial charge in [0.25, 0.3) is 0 Å². The van der Waals surface area contributed by atoms with E-state index in [9.17, 15) is 4.79 Å². The highest BCUT2D eigenvalue weighted by atomic mass is 79.9. The Morgan fingerprint density at radius 3 is 2.40 bits per heavy atom. The minimum Gasteiger partial charge on any atom is -0.459 e. The molecule has 1 rings (SSSR count). The molecule has 0 aliphatic rings. The number of ether oxygens (including phenoxy) is 4. The third kappa shape index (κ3) is 7.54. The van der Waals surface area contributed by atoms with Crippen LogP contribution in [0.4, 0.5) is 0 Å². The van der Waals surface area contributed by atoms with Crippen LogP contribution in [-0.4, -0.2) is 57.7 Å². The molecule has 0 aliphatic heterocycles. The molecule has 0 saturated heterocycles. The van der Waals surface area contributed by atoms with Gasteiger partial charge in [0.2, 0.25) is 0 Å². The number of carbonyl (C=O) groups excluding carboxylic acids is 1. The normalized spacial score (nSPS) is 10.5. The van der Waals surface area contributed by atoms with Gasteiger partial charge in [-0.25, -0.2) is 9.78 Å². The zero-order chi connectivity index (χ0) is 14.6. The van der Waals surface area contributed by atoms with Crippen molar-refractivity contribution in [3.63, 3.8) is 0 Å². The average Bonchev–Trinajstić information content (AvgIpc) is 2.45. The lowest BCUT2D eigenvalue weighted by Gasteiger charge is -2.06. The molecule has 1 heterocycles. The molecule has 0 N–H and O–H groups in total. The minimum atomic E-state index is -0.466. The van der Waals surface area contributed by atoms with E-state index in [0.29, 0.717) is 37.6 Å². The highest BCUT2D eigenvalue weighted by molar-refractivity contribution is 9.10. The number of hydrogen-bond acceptors (Lipinski definition) is 6. The second-order valence-electron chi connectivity index (χ2n) is 3.70. The smallest absolute Gasteiger partial charge is 0.357 e. The maximum atomic E-state index is 11.6. The zero-order valence-corrected chi connectivity index (χ0v) is 12.9. The Hall–Kier alpha value is -1.02. The first-order valence-corrected chi connectivity index (χ1v) is 6.97. The number of nitrogens with zero attached hydrogens (tertiary/aromatic N) is 1. The molecule has 0 radical (unpaired) electrons. The van der Waals surface area contributed by atoms with Crippen LogP contribution in [0.15, 0.2) is 22.8 Å². The summed E-state index contributed by atoms with van der Waals surface area (Å²) in [7, 11) is 1.62. The number of pyridine rings is 1. The van der Waals surface area contributed by atoms with Crippen molar-refractivity contribution in [3.8, 4) is 0 Å². The molecule has 0 spiro atoms. The van der Waals surface area contributed by atoms with Crippen LogP contribution < -0.4 is 0 Å². The molecule has 0 fully saturated rings. The molecule has 0 amide bonds. The summed E-state index contributed by atoms with van der Waals surface area (Å²) >= 11 is 3.19. The lowest BCUT2D eigenvalue weighted by molar-refractivity contribution is 0.00548. The summed E-state index contributed by atoms with van der Waals surface area (Å²) in [5.74, 6) is -0.466. The van der Waals surface area contributed by atoms with Gasteiger partial charge in [-0.1, -0.05) is 6.07 Å². The first-order chi connectivity index (χ1) is 9.74. The van der Waals surface area contributed by atoms with Gasteiger partial charge in [-0.05, 0) is 28.1 Å². The van der Waals surface area contributed by atoms with E-state index in [0.717, 1.165) is 0 Å². The lowest BCUT2D eigenvalue weighted by Crippen LogP contribution is -2.14. The maximum Gasteiger partial charge on any atom is 0.357 e. The van der Waals surface area contributed by atoms with E-state index in [1.807, 2.05) is 0 Å². The number of esters is 1. The summed E-state index contributed by atoms with van der Waals surface area (Å²) in [4.78, 5) is 15.6. The number of aromatic nitrogens is 1. The van der Waals surface area contributed by atoms with Gasteiger partial charge in [0.05, 0.1) is 33.0 Å². The van der Waals surface area contributed by atoms with Crippen molar-refractivity contribution in [3.05, 3.63) is 28.5 Å². The summed E-state index contributed by atoms with van der Waals surface area (Å²) in [6.07, 6.45) is 0. The molecule has 112 valence electrons. The molecule has 20 heavy (non-hydrogen) atoms. The third-order valence-corrected chi connectivity index (χ3v) is 2.63. The number of hydrogen-bond donors (Lipinski definition) is 0. The highest BCUT2D eigenvalue weighted by Crippen LogP contribution is 2.07. The molecular weight excluding hydrogens is 330 g/mol. The molecule has 0 unspecified atom stereocenters. The summed E-state index contributed by atoms with van der Waals surface area (Å²) in [6, 6.07) is 5.06. The predicted octanol–water partition coefficient (Wildman–Crippen LogP) is 1.68. The molecule has 6 nitrogen and oxygen atoms in total. The highest BCUT2D eigenvalue weighted by Gasteiger charge is 2.08. The van der Waals surface area contributed by atoms with Crippen molar-refractivity contribution in [2.45, 2.75) is 0 Å². The topological polar surface area (TPSA) is 66.9 Å². The molecule has 0 aliphatic carbocycles. The number of carbonyl (C=O) groups is 1. The van der Waals surface area contributed by atoms with Crippen LogP contribution in [0, 0.1) is 0 Å². The fourth-order valence-electron chi connectivity index (χ4n) is 1.25. The summed E-state index contributed by atoms with van der Waals surface area (Å²) in [5, 5.41) is 0. The molecular formula is C13H18BrNO5. The van der Waals surface area contributed by atoms with Gasteiger partial charge >= 0.3 is 5.97 Å². The summed E-state index contributed by atoms with van der Waals surface area (Å²) in [5.41, 5.74) is 0.266. The fourth-order valence-corrected chi connectivity index (χ4v) is 1.60. The van der Waals surface area contributed by atoms with Crippen LogP contribution in [0.25, 0.3) is 0 Å². The SMILES string of the molecule is COCCOCCOCCOC(=O)c1cccc(Br)n1. The van der Waals surface area contributed by atoms with Gasteiger partial charge in [-0.2, -0.15) is 0 Å².